The summed E-state index contributed by atoms with van der Waals surface area (Å²) in [5, 5.41) is 10.7. The molecule has 0 saturated carbocycles. The average molecular weight is 312 g/mol. The van der Waals surface area contributed by atoms with Crippen LogP contribution in [0.3, 0.4) is 0 Å². The minimum Gasteiger partial charge on any atom is -0.481 e. The van der Waals surface area contributed by atoms with Gasteiger partial charge in [-0.2, -0.15) is 0 Å². The van der Waals surface area contributed by atoms with Crippen LogP contribution in [0.4, 0.5) is 5.13 Å². The number of nitrogens with zero attached hydrogens (tertiary/aromatic N) is 1. The molecule has 1 aromatic carbocycles. The Balaban J connectivity index is 2.19. The Labute approximate surface area is 120 Å². The molecule has 0 atom stereocenters. The van der Waals surface area contributed by atoms with Crippen molar-refractivity contribution < 1.29 is 18.3 Å². The zero-order valence-electron chi connectivity index (χ0n) is 10.5. The summed E-state index contributed by atoms with van der Waals surface area (Å²) in [6, 6.07) is 5.72. The molecule has 2 aromatic rings. The molecular formula is C12H12N2O4S2. The topological polar surface area (TPSA) is 96.4 Å². The number of hydrogen-bond donors (Lipinski definition) is 2. The molecule has 106 valence electrons. The zero-order chi connectivity index (χ0) is 14.8. The molecule has 20 heavy (non-hydrogen) atoms. The van der Waals surface area contributed by atoms with Crippen molar-refractivity contribution in [2.24, 2.45) is 0 Å². The number of anilines is 1. The first-order chi connectivity index (χ1) is 9.37. The highest BCUT2D eigenvalue weighted by atomic mass is 32.2. The molecular weight excluding hydrogens is 300 g/mol. The average Bonchev–Trinajstić information content (AvgIpc) is 2.74. The van der Waals surface area contributed by atoms with Gasteiger partial charge in [0.2, 0.25) is 0 Å². The summed E-state index contributed by atoms with van der Waals surface area (Å²) in [5.74, 6) is -0.961. The number of thiazole rings is 1. The molecule has 0 aliphatic rings. The molecule has 0 aliphatic heterocycles. The molecule has 0 radical (unpaired) electrons. The van der Waals surface area contributed by atoms with Crippen LogP contribution in [0, 0.1) is 6.92 Å². The van der Waals surface area contributed by atoms with Gasteiger partial charge in [0.1, 0.15) is 0 Å². The van der Waals surface area contributed by atoms with E-state index in [1.54, 1.807) is 12.3 Å². The van der Waals surface area contributed by atoms with Crippen LogP contribution in [-0.4, -0.2) is 24.5 Å². The number of benzene rings is 1. The Morgan fingerprint density at radius 2 is 2.00 bits per heavy atom. The highest BCUT2D eigenvalue weighted by Crippen LogP contribution is 2.20. The predicted molar refractivity (Wildman–Crippen MR) is 75.4 cm³/mol. The van der Waals surface area contributed by atoms with Crippen molar-refractivity contribution in [3.63, 3.8) is 0 Å². The number of carboxylic acid groups (broad SMARTS) is 1. The number of aromatic nitrogens is 1. The fourth-order valence-electron chi connectivity index (χ4n) is 1.54. The quantitative estimate of drug-likeness (QED) is 0.878. The molecule has 6 nitrogen and oxygen atoms in total. The van der Waals surface area contributed by atoms with Crippen LogP contribution < -0.4 is 4.72 Å². The van der Waals surface area contributed by atoms with Gasteiger partial charge in [0, 0.05) is 5.38 Å². The monoisotopic (exact) mass is 312 g/mol. The molecule has 0 aliphatic carbocycles. The van der Waals surface area contributed by atoms with E-state index in [0.29, 0.717) is 10.7 Å². The molecule has 0 fully saturated rings. The Morgan fingerprint density at radius 1 is 1.35 bits per heavy atom. The minimum atomic E-state index is -3.69. The standard InChI is InChI=1S/C12H12N2O4S2/c1-8-7-19-12(13-8)14-20(17,18)10-4-2-9(3-5-10)6-11(15)16/h2-5,7H,6H2,1H3,(H,13,14)(H,15,16). The second-order valence-corrected chi connectivity index (χ2v) is 6.65. The van der Waals surface area contributed by atoms with Crippen LogP contribution in [0.1, 0.15) is 11.3 Å². The van der Waals surface area contributed by atoms with E-state index in [1.807, 2.05) is 0 Å². The normalized spacial score (nSPS) is 11.2. The van der Waals surface area contributed by atoms with Crippen LogP contribution in [0.2, 0.25) is 0 Å². The van der Waals surface area contributed by atoms with Crippen molar-refractivity contribution in [1.29, 1.82) is 0 Å². The third-order valence-electron chi connectivity index (χ3n) is 2.43. The number of aryl methyl sites for hydroxylation is 1. The van der Waals surface area contributed by atoms with Crippen molar-refractivity contribution in [2.45, 2.75) is 18.2 Å². The summed E-state index contributed by atoms with van der Waals surface area (Å²) >= 11 is 1.20. The van der Waals surface area contributed by atoms with Gasteiger partial charge in [0.15, 0.2) is 5.13 Å². The van der Waals surface area contributed by atoms with E-state index in [9.17, 15) is 13.2 Å². The lowest BCUT2D eigenvalue weighted by molar-refractivity contribution is -0.136. The number of carbonyl (C=O) groups is 1. The largest absolute Gasteiger partial charge is 0.481 e. The molecule has 2 N–H and O–H groups in total. The molecule has 0 bridgehead atoms. The van der Waals surface area contributed by atoms with Gasteiger partial charge in [-0.25, -0.2) is 13.4 Å². The first-order valence-electron chi connectivity index (χ1n) is 5.62. The van der Waals surface area contributed by atoms with Crippen molar-refractivity contribution in [3.8, 4) is 0 Å². The third kappa shape index (κ3) is 3.55. The number of sulfonamides is 1. The van der Waals surface area contributed by atoms with E-state index in [4.69, 9.17) is 5.11 Å². The number of nitrogens with one attached hydrogen (secondary N) is 1. The van der Waals surface area contributed by atoms with Gasteiger partial charge in [0.25, 0.3) is 10.0 Å². The predicted octanol–water partition coefficient (Wildman–Crippen LogP) is 1.88. The van der Waals surface area contributed by atoms with Crippen LogP contribution in [-0.2, 0) is 21.2 Å². The smallest absolute Gasteiger partial charge is 0.307 e. The van der Waals surface area contributed by atoms with E-state index in [-0.39, 0.29) is 11.3 Å². The summed E-state index contributed by atoms with van der Waals surface area (Å²) in [6.45, 7) is 1.77. The third-order valence-corrected chi connectivity index (χ3v) is 4.79. The molecule has 0 unspecified atom stereocenters. The Bertz CT molecular complexity index is 720. The number of carboxylic acids is 1. The Kier molecular flexibility index (Phi) is 4.05. The lowest BCUT2D eigenvalue weighted by Crippen LogP contribution is -2.13. The minimum absolute atomic E-state index is 0.0690. The second kappa shape index (κ2) is 5.59. The molecule has 8 heteroatoms. The fraction of sp³-hybridized carbons (Fsp3) is 0.167. The number of rotatable bonds is 5. The van der Waals surface area contributed by atoms with Gasteiger partial charge in [-0.05, 0) is 24.6 Å². The van der Waals surface area contributed by atoms with Crippen molar-refractivity contribution in [2.75, 3.05) is 4.72 Å². The van der Waals surface area contributed by atoms with Crippen LogP contribution in [0.15, 0.2) is 34.5 Å². The molecule has 1 heterocycles. The Hall–Kier alpha value is -1.93. The summed E-state index contributed by atoms with van der Waals surface area (Å²) in [5.41, 5.74) is 1.28. The number of aliphatic carboxylic acids is 1. The highest BCUT2D eigenvalue weighted by molar-refractivity contribution is 7.93. The Morgan fingerprint density at radius 3 is 2.50 bits per heavy atom. The fourth-order valence-corrected chi connectivity index (χ4v) is 3.48. The van der Waals surface area contributed by atoms with Crippen molar-refractivity contribution in [3.05, 3.63) is 40.9 Å². The first-order valence-corrected chi connectivity index (χ1v) is 7.99. The maximum absolute atomic E-state index is 12.1. The SMILES string of the molecule is Cc1csc(NS(=O)(=O)c2ccc(CC(=O)O)cc2)n1. The lowest BCUT2D eigenvalue weighted by atomic mass is 10.2. The maximum Gasteiger partial charge on any atom is 0.307 e. The van der Waals surface area contributed by atoms with Gasteiger partial charge in [0.05, 0.1) is 17.0 Å². The van der Waals surface area contributed by atoms with Gasteiger partial charge in [-0.1, -0.05) is 12.1 Å². The van der Waals surface area contributed by atoms with Crippen LogP contribution in [0.5, 0.6) is 0 Å². The molecule has 0 spiro atoms. The first kappa shape index (κ1) is 14.5. The molecule has 0 amide bonds. The van der Waals surface area contributed by atoms with Gasteiger partial charge in [-0.15, -0.1) is 11.3 Å². The van der Waals surface area contributed by atoms with Gasteiger partial charge >= 0.3 is 5.97 Å². The summed E-state index contributed by atoms with van der Waals surface area (Å²) in [7, 11) is -3.69. The molecule has 0 saturated heterocycles. The van der Waals surface area contributed by atoms with Gasteiger partial charge < -0.3 is 5.11 Å². The van der Waals surface area contributed by atoms with E-state index < -0.39 is 16.0 Å². The molecule has 1 aromatic heterocycles. The summed E-state index contributed by atoms with van der Waals surface area (Å²) < 4.78 is 26.5. The van der Waals surface area contributed by atoms with E-state index >= 15 is 0 Å². The lowest BCUT2D eigenvalue weighted by Gasteiger charge is -2.05. The van der Waals surface area contributed by atoms with Crippen LogP contribution in [0.25, 0.3) is 0 Å². The van der Waals surface area contributed by atoms with Crippen molar-refractivity contribution in [1.82, 2.24) is 4.98 Å². The molecule has 2 rings (SSSR count). The summed E-state index contributed by atoms with van der Waals surface area (Å²) in [4.78, 5) is 14.7. The number of hydrogen-bond acceptors (Lipinski definition) is 5. The van der Waals surface area contributed by atoms with E-state index in [0.717, 1.165) is 5.69 Å². The van der Waals surface area contributed by atoms with E-state index in [1.165, 1.54) is 35.6 Å². The summed E-state index contributed by atoms with van der Waals surface area (Å²) in [6.07, 6.45) is -0.139. The highest BCUT2D eigenvalue weighted by Gasteiger charge is 2.15. The van der Waals surface area contributed by atoms with Crippen molar-refractivity contribution >= 4 is 32.5 Å². The maximum atomic E-state index is 12.1. The van der Waals surface area contributed by atoms with Gasteiger partial charge in [-0.3, -0.25) is 9.52 Å². The van der Waals surface area contributed by atoms with E-state index in [2.05, 4.69) is 9.71 Å². The van der Waals surface area contributed by atoms with Crippen LogP contribution >= 0.6 is 11.3 Å². The zero-order valence-corrected chi connectivity index (χ0v) is 12.2. The second-order valence-electron chi connectivity index (χ2n) is 4.11.